The number of rotatable bonds is 3. The van der Waals surface area contributed by atoms with Crippen LogP contribution in [0.2, 0.25) is 0 Å². The summed E-state index contributed by atoms with van der Waals surface area (Å²) in [7, 11) is 0. The molecule has 0 spiro atoms. The van der Waals surface area contributed by atoms with Crippen molar-refractivity contribution < 1.29 is 14.5 Å². The molecule has 0 bridgehead atoms. The summed E-state index contributed by atoms with van der Waals surface area (Å²) in [6.07, 6.45) is 1.44. The fraction of sp³-hybridized carbons (Fsp3) is 0. The second-order valence-electron chi connectivity index (χ2n) is 3.33. The van der Waals surface area contributed by atoms with Crippen molar-refractivity contribution in [3.63, 3.8) is 0 Å². The minimum atomic E-state index is -0.732. The third-order valence-corrected chi connectivity index (χ3v) is 2.14. The number of benzene rings is 1. The Kier molecular flexibility index (Phi) is 3.29. The van der Waals surface area contributed by atoms with Gasteiger partial charge in [-0.2, -0.15) is 0 Å². The molecule has 0 radical (unpaired) electrons. The lowest BCUT2D eigenvalue weighted by atomic mass is 10.3. The van der Waals surface area contributed by atoms with Gasteiger partial charge in [-0.1, -0.05) is 18.2 Å². The topological polar surface area (TPSA) is 82.3 Å². The van der Waals surface area contributed by atoms with Gasteiger partial charge in [0.15, 0.2) is 0 Å². The Hall–Kier alpha value is -2.76. The van der Waals surface area contributed by atoms with E-state index >= 15 is 0 Å². The van der Waals surface area contributed by atoms with Crippen molar-refractivity contribution in [2.75, 3.05) is 0 Å². The number of carbonyl (C=O) groups excluding carboxylic acids is 1. The van der Waals surface area contributed by atoms with Crippen molar-refractivity contribution in [3.8, 4) is 5.75 Å². The van der Waals surface area contributed by atoms with E-state index in [9.17, 15) is 14.9 Å². The number of para-hydroxylation sites is 2. The summed E-state index contributed by atoms with van der Waals surface area (Å²) in [6.45, 7) is 0. The van der Waals surface area contributed by atoms with Crippen LogP contribution >= 0.6 is 0 Å². The summed E-state index contributed by atoms with van der Waals surface area (Å²) < 4.78 is 4.95. The molecule has 0 fully saturated rings. The lowest BCUT2D eigenvalue weighted by Crippen LogP contribution is -2.11. The fourth-order valence-corrected chi connectivity index (χ4v) is 1.33. The molecule has 0 saturated heterocycles. The van der Waals surface area contributed by atoms with E-state index in [0.717, 1.165) is 0 Å². The molecule has 1 aromatic carbocycles. The van der Waals surface area contributed by atoms with Gasteiger partial charge < -0.3 is 4.74 Å². The van der Waals surface area contributed by atoms with Gasteiger partial charge in [-0.05, 0) is 18.2 Å². The van der Waals surface area contributed by atoms with E-state index in [1.807, 2.05) is 0 Å². The van der Waals surface area contributed by atoms with Crippen molar-refractivity contribution in [3.05, 3.63) is 64.5 Å². The molecule has 6 nitrogen and oxygen atoms in total. The summed E-state index contributed by atoms with van der Waals surface area (Å²) in [5.41, 5.74) is -0.169. The van der Waals surface area contributed by atoms with Crippen LogP contribution in [0.1, 0.15) is 10.5 Å². The molecule has 2 rings (SSSR count). The first-order valence-corrected chi connectivity index (χ1v) is 5.05. The van der Waals surface area contributed by atoms with Crippen LogP contribution in [0.5, 0.6) is 5.75 Å². The Labute approximate surface area is 102 Å². The highest BCUT2D eigenvalue weighted by atomic mass is 16.6. The predicted molar refractivity (Wildman–Crippen MR) is 62.3 cm³/mol. The zero-order chi connectivity index (χ0) is 13.0. The largest absolute Gasteiger partial charge is 0.414 e. The molecule has 0 unspecified atom stereocenters. The average Bonchev–Trinajstić information content (AvgIpc) is 2.40. The van der Waals surface area contributed by atoms with Crippen LogP contribution in [0.3, 0.4) is 0 Å². The second-order valence-corrected chi connectivity index (χ2v) is 3.33. The predicted octanol–water partition coefficient (Wildman–Crippen LogP) is 2.21. The molecule has 1 heterocycles. The number of hydrogen-bond acceptors (Lipinski definition) is 5. The molecule has 90 valence electrons. The summed E-state index contributed by atoms with van der Waals surface area (Å²) >= 11 is 0. The molecule has 0 saturated carbocycles. The zero-order valence-electron chi connectivity index (χ0n) is 9.15. The minimum absolute atomic E-state index is 0.0932. The number of ether oxygens (including phenoxy) is 1. The maximum Gasteiger partial charge on any atom is 0.362 e. The van der Waals surface area contributed by atoms with Gasteiger partial charge in [0.2, 0.25) is 5.75 Å². The number of nitro groups is 1. The maximum atomic E-state index is 11.7. The Balaban J connectivity index is 2.25. The molecule has 0 aliphatic heterocycles. The summed E-state index contributed by atoms with van der Waals surface area (Å²) in [5, 5.41) is 10.7. The van der Waals surface area contributed by atoms with Gasteiger partial charge in [-0.15, -0.1) is 0 Å². The first-order valence-electron chi connectivity index (χ1n) is 5.05. The maximum absolute atomic E-state index is 11.7. The number of hydrogen-bond donors (Lipinski definition) is 0. The van der Waals surface area contributed by atoms with Gasteiger partial charge in [0.25, 0.3) is 0 Å². The van der Waals surface area contributed by atoms with Crippen LogP contribution < -0.4 is 4.74 Å². The molecule has 1 aromatic heterocycles. The quantitative estimate of drug-likeness (QED) is 0.358. The van der Waals surface area contributed by atoms with E-state index in [1.165, 1.54) is 30.5 Å². The minimum Gasteiger partial charge on any atom is -0.414 e. The average molecular weight is 244 g/mol. The third-order valence-electron chi connectivity index (χ3n) is 2.14. The lowest BCUT2D eigenvalue weighted by Gasteiger charge is -2.03. The standard InChI is InChI=1S/C12H8N2O4/c15-12(9-5-3-4-8-13-9)18-11-7-2-1-6-10(11)14(16)17/h1-8H. The number of nitrogens with zero attached hydrogens (tertiary/aromatic N) is 2. The van der Waals surface area contributed by atoms with Gasteiger partial charge >= 0.3 is 11.7 Å². The van der Waals surface area contributed by atoms with Crippen molar-refractivity contribution >= 4 is 11.7 Å². The summed E-state index contributed by atoms with van der Waals surface area (Å²) in [5.74, 6) is -0.831. The van der Waals surface area contributed by atoms with Crippen molar-refractivity contribution in [1.29, 1.82) is 0 Å². The molecular formula is C12H8N2O4. The highest BCUT2D eigenvalue weighted by molar-refractivity contribution is 5.89. The van der Waals surface area contributed by atoms with E-state index in [2.05, 4.69) is 4.98 Å². The van der Waals surface area contributed by atoms with E-state index < -0.39 is 10.9 Å². The Morgan fingerprint density at radius 2 is 1.89 bits per heavy atom. The first-order chi connectivity index (χ1) is 8.68. The Morgan fingerprint density at radius 3 is 2.56 bits per heavy atom. The van der Waals surface area contributed by atoms with Gasteiger partial charge in [0, 0.05) is 12.3 Å². The van der Waals surface area contributed by atoms with Crippen LogP contribution in [0.25, 0.3) is 0 Å². The van der Waals surface area contributed by atoms with E-state index in [1.54, 1.807) is 18.2 Å². The summed E-state index contributed by atoms with van der Waals surface area (Å²) in [4.78, 5) is 25.6. The van der Waals surface area contributed by atoms with Crippen LogP contribution in [-0.2, 0) is 0 Å². The molecule has 0 aliphatic rings. The Bertz CT molecular complexity index is 584. The molecule has 0 aliphatic carbocycles. The SMILES string of the molecule is O=C(Oc1ccccc1[N+](=O)[O-])c1ccccn1. The molecule has 0 atom stereocenters. The molecule has 0 N–H and O–H groups in total. The van der Waals surface area contributed by atoms with Crippen LogP contribution in [0.4, 0.5) is 5.69 Å². The first kappa shape index (κ1) is 11.7. The highest BCUT2D eigenvalue weighted by Gasteiger charge is 2.18. The number of aromatic nitrogens is 1. The van der Waals surface area contributed by atoms with Crippen molar-refractivity contribution in [2.24, 2.45) is 0 Å². The monoisotopic (exact) mass is 244 g/mol. The smallest absolute Gasteiger partial charge is 0.362 e. The molecule has 6 heteroatoms. The van der Waals surface area contributed by atoms with E-state index in [0.29, 0.717) is 0 Å². The van der Waals surface area contributed by atoms with Gasteiger partial charge in [-0.3, -0.25) is 10.1 Å². The van der Waals surface area contributed by atoms with Gasteiger partial charge in [0.1, 0.15) is 5.69 Å². The highest BCUT2D eigenvalue weighted by Crippen LogP contribution is 2.26. The molecule has 0 amide bonds. The van der Waals surface area contributed by atoms with Crippen molar-refractivity contribution in [1.82, 2.24) is 4.98 Å². The molecule has 2 aromatic rings. The van der Waals surface area contributed by atoms with Gasteiger partial charge in [0.05, 0.1) is 4.92 Å². The van der Waals surface area contributed by atoms with Crippen LogP contribution in [0.15, 0.2) is 48.7 Å². The third kappa shape index (κ3) is 2.49. The van der Waals surface area contributed by atoms with E-state index in [-0.39, 0.29) is 17.1 Å². The number of nitro benzene ring substituents is 1. The lowest BCUT2D eigenvalue weighted by molar-refractivity contribution is -0.385. The number of carbonyl (C=O) groups is 1. The number of pyridine rings is 1. The molecule has 18 heavy (non-hydrogen) atoms. The Morgan fingerprint density at radius 1 is 1.17 bits per heavy atom. The normalized spacial score (nSPS) is 9.78. The van der Waals surface area contributed by atoms with E-state index in [4.69, 9.17) is 4.74 Å². The fourth-order valence-electron chi connectivity index (χ4n) is 1.33. The molecular weight excluding hydrogens is 236 g/mol. The number of esters is 1. The van der Waals surface area contributed by atoms with Crippen molar-refractivity contribution in [2.45, 2.75) is 0 Å². The second kappa shape index (κ2) is 5.05. The van der Waals surface area contributed by atoms with Crippen LogP contribution in [0, 0.1) is 10.1 Å². The summed E-state index contributed by atoms with van der Waals surface area (Å²) in [6, 6.07) is 10.4. The van der Waals surface area contributed by atoms with Crippen LogP contribution in [-0.4, -0.2) is 15.9 Å². The zero-order valence-corrected chi connectivity index (χ0v) is 9.15. The van der Waals surface area contributed by atoms with Gasteiger partial charge in [-0.25, -0.2) is 9.78 Å².